The number of methoxy groups -OCH3 is 1. The Labute approximate surface area is 149 Å². The van der Waals surface area contributed by atoms with E-state index >= 15 is 0 Å². The highest BCUT2D eigenvalue weighted by atomic mass is 16.6. The summed E-state index contributed by atoms with van der Waals surface area (Å²) in [6.07, 6.45) is 0.173. The molecule has 3 amide bonds. The van der Waals surface area contributed by atoms with Crippen LogP contribution in [-0.4, -0.2) is 49.9 Å². The summed E-state index contributed by atoms with van der Waals surface area (Å²) < 4.78 is 10.3. The van der Waals surface area contributed by atoms with Gasteiger partial charge in [0.1, 0.15) is 11.4 Å². The van der Waals surface area contributed by atoms with E-state index in [0.29, 0.717) is 26.1 Å². The minimum Gasteiger partial charge on any atom is -0.497 e. The van der Waals surface area contributed by atoms with Crippen LogP contribution in [0.5, 0.6) is 5.75 Å². The first kappa shape index (κ1) is 20.6. The highest BCUT2D eigenvalue weighted by Gasteiger charge is 2.15. The monoisotopic (exact) mass is 351 g/mol. The van der Waals surface area contributed by atoms with Gasteiger partial charge in [0.25, 0.3) is 0 Å². The Morgan fingerprint density at radius 2 is 1.84 bits per heavy atom. The number of benzene rings is 1. The number of nitrogens with zero attached hydrogens (tertiary/aromatic N) is 1. The Morgan fingerprint density at radius 3 is 2.48 bits per heavy atom. The molecule has 25 heavy (non-hydrogen) atoms. The molecule has 1 rings (SSSR count). The lowest BCUT2D eigenvalue weighted by molar-refractivity contribution is 0.0527. The van der Waals surface area contributed by atoms with Crippen molar-refractivity contribution in [2.24, 2.45) is 0 Å². The van der Waals surface area contributed by atoms with Crippen molar-refractivity contribution in [3.63, 3.8) is 0 Å². The van der Waals surface area contributed by atoms with E-state index in [4.69, 9.17) is 9.47 Å². The molecule has 2 N–H and O–H groups in total. The Hall–Kier alpha value is -2.44. The van der Waals surface area contributed by atoms with E-state index in [1.165, 1.54) is 0 Å². The van der Waals surface area contributed by atoms with Crippen molar-refractivity contribution in [1.29, 1.82) is 0 Å². The molecule has 7 nitrogen and oxygen atoms in total. The highest BCUT2D eigenvalue weighted by molar-refractivity contribution is 5.73. The van der Waals surface area contributed by atoms with Crippen LogP contribution < -0.4 is 15.4 Å². The number of carbonyl (C=O) groups is 2. The number of carbonyl (C=O) groups excluding carboxylic acids is 2. The first-order valence-electron chi connectivity index (χ1n) is 8.30. The average molecular weight is 351 g/mol. The number of rotatable bonds is 7. The van der Waals surface area contributed by atoms with Crippen molar-refractivity contribution in [2.45, 2.75) is 39.3 Å². The SMILES string of the molecule is COc1cccc(CN(C)C(=O)NCCCNC(=O)OC(C)(C)C)c1. The fourth-order valence-corrected chi connectivity index (χ4v) is 2.04. The predicted octanol–water partition coefficient (Wildman–Crippen LogP) is 2.75. The van der Waals surface area contributed by atoms with Crippen molar-refractivity contribution in [2.75, 3.05) is 27.2 Å². The molecule has 0 unspecified atom stereocenters. The zero-order valence-corrected chi connectivity index (χ0v) is 15.7. The fraction of sp³-hybridized carbons (Fsp3) is 0.556. The number of hydrogen-bond acceptors (Lipinski definition) is 4. The lowest BCUT2D eigenvalue weighted by atomic mass is 10.2. The van der Waals surface area contributed by atoms with Crippen molar-refractivity contribution in [3.05, 3.63) is 29.8 Å². The van der Waals surface area contributed by atoms with Crippen LogP contribution in [0.3, 0.4) is 0 Å². The summed E-state index contributed by atoms with van der Waals surface area (Å²) in [7, 11) is 3.34. The van der Waals surface area contributed by atoms with Crippen LogP contribution in [0, 0.1) is 0 Å². The molecule has 1 aromatic carbocycles. The molecule has 7 heteroatoms. The van der Waals surface area contributed by atoms with Gasteiger partial charge in [-0.3, -0.25) is 0 Å². The maximum Gasteiger partial charge on any atom is 0.407 e. The molecule has 0 saturated heterocycles. The molecule has 0 radical (unpaired) electrons. The topological polar surface area (TPSA) is 79.9 Å². The molecule has 0 atom stereocenters. The van der Waals surface area contributed by atoms with Gasteiger partial charge in [-0.2, -0.15) is 0 Å². The van der Waals surface area contributed by atoms with Gasteiger partial charge in [-0.25, -0.2) is 9.59 Å². The van der Waals surface area contributed by atoms with Crippen LogP contribution >= 0.6 is 0 Å². The molecule has 0 saturated carbocycles. The zero-order valence-electron chi connectivity index (χ0n) is 15.7. The molecular formula is C18H29N3O4. The largest absolute Gasteiger partial charge is 0.497 e. The minimum absolute atomic E-state index is 0.167. The third-order valence-electron chi connectivity index (χ3n) is 3.20. The fourth-order valence-electron chi connectivity index (χ4n) is 2.04. The molecule has 0 heterocycles. The molecule has 0 aliphatic rings. The molecule has 0 bridgehead atoms. The van der Waals surface area contributed by atoms with Crippen molar-refractivity contribution < 1.29 is 19.1 Å². The third kappa shape index (κ3) is 8.83. The summed E-state index contributed by atoms with van der Waals surface area (Å²) in [6.45, 7) is 6.83. The first-order chi connectivity index (χ1) is 11.7. The molecule has 0 fully saturated rings. The van der Waals surface area contributed by atoms with Crippen molar-refractivity contribution >= 4 is 12.1 Å². The minimum atomic E-state index is -0.513. The number of hydrogen-bond donors (Lipinski definition) is 2. The maximum atomic E-state index is 12.1. The second kappa shape index (κ2) is 9.76. The zero-order chi connectivity index (χ0) is 18.9. The van der Waals surface area contributed by atoms with Crippen LogP contribution in [0.2, 0.25) is 0 Å². The summed E-state index contributed by atoms with van der Waals surface area (Å²) in [5.41, 5.74) is 0.477. The smallest absolute Gasteiger partial charge is 0.407 e. The number of alkyl carbamates (subject to hydrolysis) is 1. The Kier molecular flexibility index (Phi) is 8.04. The van der Waals surface area contributed by atoms with Gasteiger partial charge in [0.15, 0.2) is 0 Å². The lowest BCUT2D eigenvalue weighted by Crippen LogP contribution is -2.38. The molecule has 0 spiro atoms. The summed E-state index contributed by atoms with van der Waals surface area (Å²) in [5.74, 6) is 0.763. The molecule has 140 valence electrons. The van der Waals surface area contributed by atoms with E-state index in [9.17, 15) is 9.59 Å². The van der Waals surface area contributed by atoms with Crippen LogP contribution in [0.1, 0.15) is 32.8 Å². The second-order valence-electron chi connectivity index (χ2n) is 6.72. The van der Waals surface area contributed by atoms with Gasteiger partial charge in [0.2, 0.25) is 0 Å². The van der Waals surface area contributed by atoms with Crippen molar-refractivity contribution in [1.82, 2.24) is 15.5 Å². The quantitative estimate of drug-likeness (QED) is 0.740. The molecule has 0 aliphatic heterocycles. The van der Waals surface area contributed by atoms with Gasteiger partial charge >= 0.3 is 12.1 Å². The van der Waals surface area contributed by atoms with Crippen LogP contribution in [0.4, 0.5) is 9.59 Å². The van der Waals surface area contributed by atoms with Gasteiger partial charge in [0, 0.05) is 26.7 Å². The Morgan fingerprint density at radius 1 is 1.16 bits per heavy atom. The number of amides is 3. The Bertz CT molecular complexity index is 570. The van der Waals surface area contributed by atoms with Gasteiger partial charge in [0.05, 0.1) is 7.11 Å². The van der Waals surface area contributed by atoms with E-state index in [-0.39, 0.29) is 6.03 Å². The third-order valence-corrected chi connectivity index (χ3v) is 3.20. The molecule has 1 aromatic rings. The lowest BCUT2D eigenvalue weighted by Gasteiger charge is -2.20. The molecular weight excluding hydrogens is 322 g/mol. The first-order valence-corrected chi connectivity index (χ1v) is 8.30. The van der Waals surface area contributed by atoms with E-state index in [1.807, 2.05) is 45.0 Å². The van der Waals surface area contributed by atoms with Crippen LogP contribution in [0.15, 0.2) is 24.3 Å². The van der Waals surface area contributed by atoms with E-state index < -0.39 is 11.7 Å². The number of urea groups is 1. The Balaban J connectivity index is 2.24. The molecule has 0 aromatic heterocycles. The van der Waals surface area contributed by atoms with Crippen LogP contribution in [0.25, 0.3) is 0 Å². The second-order valence-corrected chi connectivity index (χ2v) is 6.72. The van der Waals surface area contributed by atoms with E-state index in [1.54, 1.807) is 19.1 Å². The van der Waals surface area contributed by atoms with Gasteiger partial charge < -0.3 is 25.0 Å². The highest BCUT2D eigenvalue weighted by Crippen LogP contribution is 2.13. The van der Waals surface area contributed by atoms with Crippen LogP contribution in [-0.2, 0) is 11.3 Å². The standard InChI is InChI=1S/C18H29N3O4/c1-18(2,3)25-17(23)20-11-7-10-19-16(22)21(4)13-14-8-6-9-15(12-14)24-5/h6,8-9,12H,7,10-11,13H2,1-5H3,(H,19,22)(H,20,23). The average Bonchev–Trinajstić information content (AvgIpc) is 2.52. The summed E-state index contributed by atoms with van der Waals surface area (Å²) in [5, 5.41) is 5.47. The normalized spacial score (nSPS) is 10.8. The summed E-state index contributed by atoms with van der Waals surface area (Å²) >= 11 is 0. The van der Waals surface area contributed by atoms with E-state index in [0.717, 1.165) is 11.3 Å². The van der Waals surface area contributed by atoms with E-state index in [2.05, 4.69) is 10.6 Å². The summed E-state index contributed by atoms with van der Waals surface area (Å²) in [4.78, 5) is 25.1. The molecule has 0 aliphatic carbocycles. The van der Waals surface area contributed by atoms with Crippen molar-refractivity contribution in [3.8, 4) is 5.75 Å². The number of nitrogens with one attached hydrogen (secondary N) is 2. The van der Waals surface area contributed by atoms with Gasteiger partial charge in [-0.15, -0.1) is 0 Å². The predicted molar refractivity (Wildman–Crippen MR) is 96.7 cm³/mol. The number of ether oxygens (including phenoxy) is 2. The van der Waals surface area contributed by atoms with Gasteiger partial charge in [-0.05, 0) is 44.9 Å². The maximum absolute atomic E-state index is 12.1. The summed E-state index contributed by atoms with van der Waals surface area (Å²) in [6, 6.07) is 7.43. The van der Waals surface area contributed by atoms with Gasteiger partial charge in [-0.1, -0.05) is 12.1 Å².